The Labute approximate surface area is 183 Å². The van der Waals surface area contributed by atoms with Crippen molar-refractivity contribution in [2.24, 2.45) is 0 Å². The Bertz CT molecular complexity index is 866. The number of rotatable bonds is 5. The minimum atomic E-state index is -1.92. The van der Waals surface area contributed by atoms with E-state index >= 15 is 0 Å². The number of halogens is 1. The average molecular weight is 434 g/mol. The lowest BCUT2D eigenvalue weighted by Gasteiger charge is -2.44. The highest BCUT2D eigenvalue weighted by Crippen LogP contribution is 2.45. The molecule has 2 aromatic rings. The normalized spacial score (nSPS) is 19.3. The van der Waals surface area contributed by atoms with Crippen LogP contribution in [0.25, 0.3) is 10.9 Å². The molecule has 1 aromatic heterocycles. The summed E-state index contributed by atoms with van der Waals surface area (Å²) in [7, 11) is -2.31. The summed E-state index contributed by atoms with van der Waals surface area (Å²) < 4.78 is 15.5. The summed E-state index contributed by atoms with van der Waals surface area (Å²) in [5.74, 6) is 0. The van der Waals surface area contributed by atoms with Crippen LogP contribution in [0.15, 0.2) is 24.4 Å². The third kappa shape index (κ3) is 3.42. The lowest BCUT2D eigenvalue weighted by molar-refractivity contribution is 0.00578. The molecule has 3 nitrogen and oxygen atoms in total. The fourth-order valence-corrected chi connectivity index (χ4v) is 12.4. The van der Waals surface area contributed by atoms with E-state index in [2.05, 4.69) is 91.8 Å². The molecule has 0 N–H and O–H groups in total. The first-order chi connectivity index (χ1) is 13.3. The van der Waals surface area contributed by atoms with Crippen LogP contribution in [0.2, 0.25) is 21.6 Å². The zero-order valence-corrected chi connectivity index (χ0v) is 21.5. The lowest BCUT2D eigenvalue weighted by Crippen LogP contribution is -2.52. The molecule has 1 aromatic carbocycles. The lowest BCUT2D eigenvalue weighted by atomic mass is 9.79. The van der Waals surface area contributed by atoms with E-state index in [4.69, 9.17) is 20.9 Å². The zero-order chi connectivity index (χ0) is 21.9. The molecular formula is C23H37BClNO2Si. The van der Waals surface area contributed by atoms with Crippen molar-refractivity contribution in [3.63, 3.8) is 0 Å². The average Bonchev–Trinajstić information content (AvgIpc) is 3.01. The summed E-state index contributed by atoms with van der Waals surface area (Å²) in [5.41, 5.74) is 3.40. The van der Waals surface area contributed by atoms with Crippen molar-refractivity contribution in [3.05, 3.63) is 29.4 Å². The number of benzene rings is 1. The molecule has 1 aliphatic heterocycles. The van der Waals surface area contributed by atoms with Crippen molar-refractivity contribution < 1.29 is 9.31 Å². The van der Waals surface area contributed by atoms with Crippen LogP contribution >= 0.6 is 11.6 Å². The minimum Gasteiger partial charge on any atom is -0.399 e. The summed E-state index contributed by atoms with van der Waals surface area (Å²) >= 11 is 6.44. The Morgan fingerprint density at radius 2 is 1.38 bits per heavy atom. The van der Waals surface area contributed by atoms with E-state index in [0.717, 1.165) is 15.9 Å². The van der Waals surface area contributed by atoms with Crippen molar-refractivity contribution in [1.29, 1.82) is 0 Å². The van der Waals surface area contributed by atoms with Crippen LogP contribution in [-0.4, -0.2) is 30.8 Å². The van der Waals surface area contributed by atoms with Gasteiger partial charge in [-0.1, -0.05) is 53.1 Å². The van der Waals surface area contributed by atoms with Gasteiger partial charge in [-0.05, 0) is 68.7 Å². The van der Waals surface area contributed by atoms with Gasteiger partial charge in [-0.25, -0.2) is 0 Å². The third-order valence-corrected chi connectivity index (χ3v) is 14.5. The largest absolute Gasteiger partial charge is 0.497 e. The van der Waals surface area contributed by atoms with Crippen LogP contribution in [0.5, 0.6) is 0 Å². The summed E-state index contributed by atoms with van der Waals surface area (Å²) in [4.78, 5) is 0. The van der Waals surface area contributed by atoms with Crippen LogP contribution in [0, 0.1) is 0 Å². The van der Waals surface area contributed by atoms with Gasteiger partial charge in [0.25, 0.3) is 0 Å². The van der Waals surface area contributed by atoms with Crippen molar-refractivity contribution in [1.82, 2.24) is 4.23 Å². The summed E-state index contributed by atoms with van der Waals surface area (Å²) in [6, 6.07) is 6.27. The Balaban J connectivity index is 2.29. The predicted octanol–water partition coefficient (Wildman–Crippen LogP) is 6.62. The van der Waals surface area contributed by atoms with Gasteiger partial charge in [-0.15, -0.1) is 0 Å². The maximum absolute atomic E-state index is 6.44. The monoisotopic (exact) mass is 433 g/mol. The summed E-state index contributed by atoms with van der Waals surface area (Å²) in [6.45, 7) is 22.8. The van der Waals surface area contributed by atoms with Crippen molar-refractivity contribution in [3.8, 4) is 0 Å². The SMILES string of the molecule is CC(C)[Si](C(C)C)(C(C)C)n1cc(B2OC(C)(C)C(C)(C)O2)c2cc(Cl)ccc21. The van der Waals surface area contributed by atoms with Gasteiger partial charge in [0.1, 0.15) is 0 Å². The molecule has 0 radical (unpaired) electrons. The highest BCUT2D eigenvalue weighted by atomic mass is 35.5. The molecule has 160 valence electrons. The van der Waals surface area contributed by atoms with Crippen LogP contribution < -0.4 is 5.46 Å². The van der Waals surface area contributed by atoms with Gasteiger partial charge in [-0.2, -0.15) is 0 Å². The van der Waals surface area contributed by atoms with E-state index in [0.29, 0.717) is 16.6 Å². The second-order valence-corrected chi connectivity index (χ2v) is 16.7. The second-order valence-electron chi connectivity index (χ2n) is 10.6. The highest BCUT2D eigenvalue weighted by Gasteiger charge is 2.53. The van der Waals surface area contributed by atoms with Crippen molar-refractivity contribution in [2.45, 2.75) is 97.1 Å². The van der Waals surface area contributed by atoms with Gasteiger partial charge >= 0.3 is 7.12 Å². The highest BCUT2D eigenvalue weighted by molar-refractivity contribution is 6.83. The quantitative estimate of drug-likeness (QED) is 0.495. The Morgan fingerprint density at radius 3 is 1.83 bits per heavy atom. The van der Waals surface area contributed by atoms with Crippen LogP contribution in [0.3, 0.4) is 0 Å². The topological polar surface area (TPSA) is 23.4 Å². The molecule has 0 atom stereocenters. The van der Waals surface area contributed by atoms with Crippen LogP contribution in [0.1, 0.15) is 69.2 Å². The van der Waals surface area contributed by atoms with E-state index in [1.807, 2.05) is 6.07 Å². The molecule has 0 amide bonds. The zero-order valence-electron chi connectivity index (χ0n) is 19.8. The van der Waals surface area contributed by atoms with E-state index < -0.39 is 8.24 Å². The molecule has 0 bridgehead atoms. The standard InChI is InChI=1S/C23H37BClNO2Si/c1-15(2)29(16(3)4,17(5)6)26-14-20(19-13-18(25)11-12-21(19)26)24-27-22(7,8)23(9,10)28-24/h11-17H,1-10H3. The minimum absolute atomic E-state index is 0.368. The molecule has 0 aliphatic carbocycles. The number of aromatic nitrogens is 1. The molecule has 29 heavy (non-hydrogen) atoms. The smallest absolute Gasteiger partial charge is 0.399 e. The number of hydrogen-bond acceptors (Lipinski definition) is 2. The first-order valence-electron chi connectivity index (χ1n) is 10.9. The van der Waals surface area contributed by atoms with Gasteiger partial charge in [-0.3, -0.25) is 0 Å². The van der Waals surface area contributed by atoms with Gasteiger partial charge in [0.15, 0.2) is 8.24 Å². The van der Waals surface area contributed by atoms with Crippen molar-refractivity contribution in [2.75, 3.05) is 0 Å². The molecular weight excluding hydrogens is 397 g/mol. The van der Waals surface area contributed by atoms with E-state index in [9.17, 15) is 0 Å². The maximum Gasteiger partial charge on any atom is 0.497 e. The Kier molecular flexibility index (Phi) is 5.88. The maximum atomic E-state index is 6.44. The molecule has 1 aliphatic rings. The van der Waals surface area contributed by atoms with Crippen molar-refractivity contribution >= 4 is 43.3 Å². The molecule has 0 unspecified atom stereocenters. The number of nitrogens with zero attached hydrogens (tertiary/aromatic N) is 1. The Morgan fingerprint density at radius 1 is 0.897 bits per heavy atom. The fraction of sp³-hybridized carbons (Fsp3) is 0.652. The Hall–Kier alpha value is -0.748. The third-order valence-electron chi connectivity index (χ3n) is 7.50. The first-order valence-corrected chi connectivity index (χ1v) is 13.5. The molecule has 0 saturated carbocycles. The van der Waals surface area contributed by atoms with Gasteiger partial charge < -0.3 is 13.5 Å². The fourth-order valence-electron chi connectivity index (χ4n) is 5.54. The van der Waals surface area contributed by atoms with Gasteiger partial charge in [0.2, 0.25) is 0 Å². The number of fused-ring (bicyclic) bond motifs is 1. The summed E-state index contributed by atoms with van der Waals surface area (Å²) in [5, 5.41) is 1.90. The second kappa shape index (κ2) is 7.44. The molecule has 3 rings (SSSR count). The summed E-state index contributed by atoms with van der Waals surface area (Å²) in [6.07, 6.45) is 2.33. The van der Waals surface area contributed by atoms with E-state index in [1.165, 1.54) is 5.52 Å². The molecule has 2 heterocycles. The molecule has 6 heteroatoms. The predicted molar refractivity (Wildman–Crippen MR) is 129 cm³/mol. The number of hydrogen-bond donors (Lipinski definition) is 0. The molecule has 1 saturated heterocycles. The van der Waals surface area contributed by atoms with Gasteiger partial charge in [0.05, 0.1) is 11.2 Å². The van der Waals surface area contributed by atoms with Crippen LogP contribution in [-0.2, 0) is 9.31 Å². The molecule has 1 fully saturated rings. The van der Waals surface area contributed by atoms with Gasteiger partial charge in [0, 0.05) is 21.4 Å². The molecule has 0 spiro atoms. The van der Waals surface area contributed by atoms with Crippen LogP contribution in [0.4, 0.5) is 0 Å². The van der Waals surface area contributed by atoms with E-state index in [1.54, 1.807) is 0 Å². The first kappa shape index (κ1) is 22.9. The van der Waals surface area contributed by atoms with E-state index in [-0.39, 0.29) is 18.3 Å².